The summed E-state index contributed by atoms with van der Waals surface area (Å²) in [5.41, 5.74) is 3.91. The van der Waals surface area contributed by atoms with E-state index in [-0.39, 0.29) is 11.6 Å². The number of aryl methyl sites for hydroxylation is 1. The van der Waals surface area contributed by atoms with Crippen LogP contribution >= 0.6 is 23.2 Å². The summed E-state index contributed by atoms with van der Waals surface area (Å²) in [5.74, 6) is 0.841. The quantitative estimate of drug-likeness (QED) is 0.207. The van der Waals surface area contributed by atoms with Gasteiger partial charge in [0.15, 0.2) is 0 Å². The summed E-state index contributed by atoms with van der Waals surface area (Å²) in [6, 6.07) is 16.7. The molecule has 0 amide bonds. The van der Waals surface area contributed by atoms with Gasteiger partial charge in [0.2, 0.25) is 5.88 Å². The van der Waals surface area contributed by atoms with E-state index in [2.05, 4.69) is 20.7 Å². The van der Waals surface area contributed by atoms with Gasteiger partial charge in [-0.15, -0.1) is 0 Å². The fourth-order valence-electron chi connectivity index (χ4n) is 5.30. The van der Waals surface area contributed by atoms with Crippen LogP contribution in [0.2, 0.25) is 10.0 Å². The maximum atomic E-state index is 12.9. The molecule has 0 spiro atoms. The van der Waals surface area contributed by atoms with Crippen LogP contribution in [0.25, 0.3) is 33.2 Å². The minimum atomic E-state index is -0.558. The molecule has 2 unspecified atom stereocenters. The number of nitrogens with zero attached hydrogens (tertiary/aromatic N) is 4. The Bertz CT molecular complexity index is 1900. The molecule has 1 aliphatic heterocycles. The molecule has 3 aromatic heterocycles. The van der Waals surface area contributed by atoms with Gasteiger partial charge in [0.05, 0.1) is 52.8 Å². The van der Waals surface area contributed by atoms with Crippen LogP contribution in [0.4, 0.5) is 11.5 Å². The second-order valence-corrected chi connectivity index (χ2v) is 11.2. The summed E-state index contributed by atoms with van der Waals surface area (Å²) in [6.45, 7) is 1.41. The van der Waals surface area contributed by atoms with Gasteiger partial charge in [-0.3, -0.25) is 4.79 Å². The molecular formula is C32H30Cl2N6O4. The summed E-state index contributed by atoms with van der Waals surface area (Å²) in [4.78, 5) is 22.0. The van der Waals surface area contributed by atoms with Crippen molar-refractivity contribution >= 4 is 45.5 Å². The molecule has 1 aliphatic rings. The molecule has 5 aromatic rings. The maximum absolute atomic E-state index is 12.9. The van der Waals surface area contributed by atoms with Gasteiger partial charge >= 0.3 is 0 Å². The van der Waals surface area contributed by atoms with Crippen molar-refractivity contribution in [2.45, 2.75) is 25.1 Å². The first-order chi connectivity index (χ1) is 21.4. The van der Waals surface area contributed by atoms with Gasteiger partial charge in [-0.1, -0.05) is 59.6 Å². The number of anilines is 2. The van der Waals surface area contributed by atoms with E-state index >= 15 is 0 Å². The number of aliphatic hydroxyl groups excluding tert-OH is 1. The SMILES string of the molecule is COc1nc(-c2cccc(-c3cccc(Nc4nccc5cnn(C)c(=O)c45)c3Cl)c2Cl)ccc1CNC1CCOCC1O. The third-order valence-corrected chi connectivity index (χ3v) is 8.51. The van der Waals surface area contributed by atoms with Crippen LogP contribution in [-0.2, 0) is 18.3 Å². The lowest BCUT2D eigenvalue weighted by Gasteiger charge is -2.28. The van der Waals surface area contributed by atoms with Crippen LogP contribution in [0.1, 0.15) is 12.0 Å². The lowest BCUT2D eigenvalue weighted by molar-refractivity contribution is -0.0281. The zero-order chi connectivity index (χ0) is 30.8. The Morgan fingerprint density at radius 3 is 2.64 bits per heavy atom. The van der Waals surface area contributed by atoms with E-state index in [0.29, 0.717) is 80.3 Å². The number of aromatic nitrogens is 4. The van der Waals surface area contributed by atoms with Gasteiger partial charge < -0.3 is 25.2 Å². The number of ether oxygens (including phenoxy) is 2. The van der Waals surface area contributed by atoms with Crippen molar-refractivity contribution in [3.8, 4) is 28.3 Å². The van der Waals surface area contributed by atoms with Crippen LogP contribution in [0, 0.1) is 0 Å². The fourth-order valence-corrected chi connectivity index (χ4v) is 5.90. The molecule has 3 N–H and O–H groups in total. The summed E-state index contributed by atoms with van der Waals surface area (Å²) >= 11 is 14.0. The molecule has 44 heavy (non-hydrogen) atoms. The maximum Gasteiger partial charge on any atom is 0.278 e. The highest BCUT2D eigenvalue weighted by Gasteiger charge is 2.24. The lowest BCUT2D eigenvalue weighted by atomic mass is 10.00. The van der Waals surface area contributed by atoms with E-state index in [1.54, 1.807) is 32.6 Å². The molecule has 0 aliphatic carbocycles. The van der Waals surface area contributed by atoms with Crippen molar-refractivity contribution in [2.75, 3.05) is 25.6 Å². The van der Waals surface area contributed by atoms with Crippen molar-refractivity contribution in [1.29, 1.82) is 0 Å². The molecule has 0 radical (unpaired) electrons. The molecule has 1 fully saturated rings. The van der Waals surface area contributed by atoms with Crippen molar-refractivity contribution in [3.63, 3.8) is 0 Å². The number of hydrogen-bond acceptors (Lipinski definition) is 9. The number of benzene rings is 2. The highest BCUT2D eigenvalue weighted by atomic mass is 35.5. The average molecular weight is 634 g/mol. The normalized spacial score (nSPS) is 16.7. The number of nitrogens with one attached hydrogen (secondary N) is 2. The first kappa shape index (κ1) is 30.0. The van der Waals surface area contributed by atoms with Crippen LogP contribution in [-0.4, -0.2) is 57.3 Å². The Labute approximate surface area is 263 Å². The molecular weight excluding hydrogens is 603 g/mol. The Kier molecular flexibility index (Phi) is 8.79. The average Bonchev–Trinajstić information content (AvgIpc) is 3.04. The summed E-state index contributed by atoms with van der Waals surface area (Å²) < 4.78 is 12.2. The molecule has 2 aromatic carbocycles. The minimum absolute atomic E-state index is 0.0620. The van der Waals surface area contributed by atoms with E-state index in [4.69, 9.17) is 37.7 Å². The number of fused-ring (bicyclic) bond motifs is 1. The smallest absolute Gasteiger partial charge is 0.278 e. The van der Waals surface area contributed by atoms with Gasteiger partial charge in [-0.25, -0.2) is 14.6 Å². The second-order valence-electron chi connectivity index (χ2n) is 10.4. The molecule has 4 heterocycles. The Morgan fingerprint density at radius 2 is 1.84 bits per heavy atom. The second kappa shape index (κ2) is 12.9. The predicted molar refractivity (Wildman–Crippen MR) is 172 cm³/mol. The fraction of sp³-hybridized carbons (Fsp3) is 0.250. The van der Waals surface area contributed by atoms with E-state index in [1.165, 1.54) is 4.68 Å². The molecule has 226 valence electrons. The van der Waals surface area contributed by atoms with E-state index in [0.717, 1.165) is 12.0 Å². The van der Waals surface area contributed by atoms with Crippen LogP contribution < -0.4 is 20.9 Å². The molecule has 10 nitrogen and oxygen atoms in total. The molecule has 1 saturated heterocycles. The Hall–Kier alpha value is -4.06. The zero-order valence-corrected chi connectivity index (χ0v) is 25.6. The predicted octanol–water partition coefficient (Wildman–Crippen LogP) is 5.36. The number of pyridine rings is 2. The number of hydrogen-bond donors (Lipinski definition) is 3. The summed E-state index contributed by atoms with van der Waals surface area (Å²) in [5, 5.41) is 22.9. The highest BCUT2D eigenvalue weighted by Crippen LogP contribution is 2.42. The van der Waals surface area contributed by atoms with Gasteiger partial charge in [0.25, 0.3) is 5.56 Å². The van der Waals surface area contributed by atoms with E-state index in [9.17, 15) is 9.90 Å². The Morgan fingerprint density at radius 1 is 1.07 bits per heavy atom. The van der Waals surface area contributed by atoms with Crippen molar-refractivity contribution in [1.82, 2.24) is 25.1 Å². The first-order valence-corrected chi connectivity index (χ1v) is 14.8. The highest BCUT2D eigenvalue weighted by molar-refractivity contribution is 6.39. The number of aliphatic hydroxyl groups is 1. The van der Waals surface area contributed by atoms with Crippen LogP contribution in [0.3, 0.4) is 0 Å². The molecule has 6 rings (SSSR count). The lowest BCUT2D eigenvalue weighted by Crippen LogP contribution is -2.46. The van der Waals surface area contributed by atoms with Gasteiger partial charge in [-0.2, -0.15) is 5.10 Å². The summed E-state index contributed by atoms with van der Waals surface area (Å²) in [7, 11) is 3.17. The third kappa shape index (κ3) is 5.87. The van der Waals surface area contributed by atoms with Gasteiger partial charge in [0.1, 0.15) is 5.82 Å². The van der Waals surface area contributed by atoms with E-state index < -0.39 is 6.10 Å². The largest absolute Gasteiger partial charge is 0.481 e. The van der Waals surface area contributed by atoms with Crippen molar-refractivity contribution < 1.29 is 14.6 Å². The van der Waals surface area contributed by atoms with Crippen molar-refractivity contribution in [2.24, 2.45) is 7.05 Å². The van der Waals surface area contributed by atoms with Gasteiger partial charge in [0, 0.05) is 60.1 Å². The third-order valence-electron chi connectivity index (χ3n) is 7.69. The Balaban J connectivity index is 1.30. The van der Waals surface area contributed by atoms with E-state index in [1.807, 2.05) is 48.5 Å². The minimum Gasteiger partial charge on any atom is -0.481 e. The van der Waals surface area contributed by atoms with Crippen LogP contribution in [0.5, 0.6) is 5.88 Å². The molecule has 2 atom stereocenters. The number of halogens is 2. The standard InChI is InChI=1S/C32H30Cl2N6O4/c1-40-32(42)27-18(16-37-40)11-13-35-30(27)38-25-8-4-6-21(29(25)34)20-5-3-7-22(28(20)33)23-10-9-19(31(39-23)43-2)15-36-24-12-14-44-17-26(24)41/h3-11,13,16,24,26,36,41H,12,14-15,17H2,1-2H3,(H,35,38). The molecule has 0 saturated carbocycles. The molecule has 12 heteroatoms. The number of rotatable bonds is 8. The van der Waals surface area contributed by atoms with Crippen LogP contribution in [0.15, 0.2) is 71.8 Å². The first-order valence-electron chi connectivity index (χ1n) is 14.0. The topological polar surface area (TPSA) is 123 Å². The monoisotopic (exact) mass is 632 g/mol. The zero-order valence-electron chi connectivity index (χ0n) is 24.1. The molecule has 0 bridgehead atoms. The van der Waals surface area contributed by atoms with Crippen molar-refractivity contribution in [3.05, 3.63) is 93.0 Å². The number of methoxy groups -OCH3 is 1. The summed E-state index contributed by atoms with van der Waals surface area (Å²) in [6.07, 6.45) is 3.40. The van der Waals surface area contributed by atoms with Gasteiger partial charge in [-0.05, 0) is 24.6 Å².